The van der Waals surface area contributed by atoms with Crippen molar-refractivity contribution in [2.45, 2.75) is 13.3 Å². The number of nitrogens with one attached hydrogen (secondary N) is 2. The van der Waals surface area contributed by atoms with E-state index in [-0.39, 0.29) is 5.91 Å². The lowest BCUT2D eigenvalue weighted by molar-refractivity contribution is -0.116. The summed E-state index contributed by atoms with van der Waals surface area (Å²) in [5.74, 6) is 1.17. The van der Waals surface area contributed by atoms with Crippen LogP contribution in [-0.4, -0.2) is 26.7 Å². The summed E-state index contributed by atoms with van der Waals surface area (Å²) in [5, 5.41) is 6.64. The fraction of sp³-hybridized carbons (Fsp3) is 0.278. The molecule has 0 saturated carbocycles. The van der Waals surface area contributed by atoms with Crippen LogP contribution < -0.4 is 20.1 Å². The highest BCUT2D eigenvalue weighted by molar-refractivity contribution is 6.31. The van der Waals surface area contributed by atoms with E-state index in [0.717, 1.165) is 17.0 Å². The highest BCUT2D eigenvalue weighted by atomic mass is 35.5. The van der Waals surface area contributed by atoms with Crippen LogP contribution in [0.3, 0.4) is 0 Å². The van der Waals surface area contributed by atoms with Gasteiger partial charge >= 0.3 is 0 Å². The average molecular weight is 349 g/mol. The molecule has 6 heteroatoms. The summed E-state index contributed by atoms with van der Waals surface area (Å²) >= 11 is 6.07. The van der Waals surface area contributed by atoms with Crippen LogP contribution in [0.4, 0.5) is 11.4 Å². The molecule has 0 heterocycles. The summed E-state index contributed by atoms with van der Waals surface area (Å²) < 4.78 is 10.5. The first-order chi connectivity index (χ1) is 11.5. The van der Waals surface area contributed by atoms with Gasteiger partial charge in [-0.15, -0.1) is 0 Å². The monoisotopic (exact) mass is 348 g/mol. The number of para-hydroxylation sites is 2. The van der Waals surface area contributed by atoms with Crippen molar-refractivity contribution in [1.82, 2.24) is 0 Å². The molecule has 24 heavy (non-hydrogen) atoms. The van der Waals surface area contributed by atoms with E-state index in [4.69, 9.17) is 21.1 Å². The fourth-order valence-electron chi connectivity index (χ4n) is 2.24. The van der Waals surface area contributed by atoms with Gasteiger partial charge in [-0.05, 0) is 30.7 Å². The van der Waals surface area contributed by atoms with E-state index < -0.39 is 0 Å². The maximum Gasteiger partial charge on any atom is 0.226 e. The van der Waals surface area contributed by atoms with Gasteiger partial charge in [-0.1, -0.05) is 23.7 Å². The van der Waals surface area contributed by atoms with Crippen LogP contribution in [0.2, 0.25) is 5.02 Å². The van der Waals surface area contributed by atoms with Gasteiger partial charge in [0.05, 0.1) is 25.6 Å². The lowest BCUT2D eigenvalue weighted by Gasteiger charge is -2.13. The second kappa shape index (κ2) is 8.45. The highest BCUT2D eigenvalue weighted by Gasteiger charge is 2.10. The van der Waals surface area contributed by atoms with E-state index in [9.17, 15) is 4.79 Å². The molecule has 2 aromatic rings. The molecule has 128 valence electrons. The molecule has 0 fully saturated rings. The molecule has 0 aliphatic rings. The van der Waals surface area contributed by atoms with Gasteiger partial charge in [-0.25, -0.2) is 0 Å². The standard InChI is InChI=1S/C18H21ClN2O3/c1-12-10-15(17(24-3)11-13(12)19)21-18(22)8-9-20-14-6-4-5-7-16(14)23-2/h4-7,10-11,20H,8-9H2,1-3H3,(H,21,22). The maximum absolute atomic E-state index is 12.2. The Morgan fingerprint density at radius 3 is 2.50 bits per heavy atom. The van der Waals surface area contributed by atoms with Crippen molar-refractivity contribution in [3.63, 3.8) is 0 Å². The lowest BCUT2D eigenvalue weighted by Crippen LogP contribution is -2.17. The summed E-state index contributed by atoms with van der Waals surface area (Å²) in [6.07, 6.45) is 0.308. The molecule has 0 radical (unpaired) electrons. The number of hydrogen-bond donors (Lipinski definition) is 2. The summed E-state index contributed by atoms with van der Waals surface area (Å²) in [4.78, 5) is 12.2. The third-order valence-corrected chi connectivity index (χ3v) is 3.94. The van der Waals surface area contributed by atoms with Crippen LogP contribution in [0.1, 0.15) is 12.0 Å². The Morgan fingerprint density at radius 2 is 1.79 bits per heavy atom. The number of methoxy groups -OCH3 is 2. The Balaban J connectivity index is 1.93. The van der Waals surface area contributed by atoms with Crippen molar-refractivity contribution in [3.8, 4) is 11.5 Å². The molecule has 0 aliphatic carbocycles. The van der Waals surface area contributed by atoms with Crippen molar-refractivity contribution >= 4 is 28.9 Å². The largest absolute Gasteiger partial charge is 0.495 e. The first-order valence-corrected chi connectivity index (χ1v) is 7.93. The number of rotatable bonds is 7. The van der Waals surface area contributed by atoms with Crippen LogP contribution in [0.5, 0.6) is 11.5 Å². The Morgan fingerprint density at radius 1 is 1.08 bits per heavy atom. The predicted octanol–water partition coefficient (Wildman–Crippen LogP) is 4.11. The molecule has 1 amide bonds. The van der Waals surface area contributed by atoms with Gasteiger partial charge in [-0.3, -0.25) is 4.79 Å². The molecule has 2 N–H and O–H groups in total. The Labute approximate surface area is 146 Å². The average Bonchev–Trinajstić information content (AvgIpc) is 2.58. The van der Waals surface area contributed by atoms with Crippen molar-refractivity contribution in [2.24, 2.45) is 0 Å². The van der Waals surface area contributed by atoms with Gasteiger partial charge in [0.25, 0.3) is 0 Å². The van der Waals surface area contributed by atoms with E-state index >= 15 is 0 Å². The number of halogens is 1. The normalized spacial score (nSPS) is 10.2. The third kappa shape index (κ3) is 4.55. The van der Waals surface area contributed by atoms with Gasteiger partial charge in [0.2, 0.25) is 5.91 Å². The number of amides is 1. The zero-order valence-electron chi connectivity index (χ0n) is 14.0. The Bertz CT molecular complexity index is 719. The van der Waals surface area contributed by atoms with Crippen LogP contribution in [0, 0.1) is 6.92 Å². The SMILES string of the molecule is COc1ccccc1NCCC(=O)Nc1cc(C)c(Cl)cc1OC. The molecular weight excluding hydrogens is 328 g/mol. The second-order valence-corrected chi connectivity index (χ2v) is 5.63. The van der Waals surface area contributed by atoms with Crippen LogP contribution >= 0.6 is 11.6 Å². The van der Waals surface area contributed by atoms with Crippen molar-refractivity contribution in [1.29, 1.82) is 0 Å². The van der Waals surface area contributed by atoms with E-state index in [1.54, 1.807) is 26.4 Å². The Hall–Kier alpha value is -2.40. The van der Waals surface area contributed by atoms with E-state index in [1.165, 1.54) is 0 Å². The van der Waals surface area contributed by atoms with Gasteiger partial charge in [0.1, 0.15) is 11.5 Å². The highest BCUT2D eigenvalue weighted by Crippen LogP contribution is 2.31. The molecule has 2 aromatic carbocycles. The first kappa shape index (κ1) is 17.9. The zero-order chi connectivity index (χ0) is 17.5. The van der Waals surface area contributed by atoms with Crippen molar-refractivity contribution < 1.29 is 14.3 Å². The topological polar surface area (TPSA) is 59.6 Å². The van der Waals surface area contributed by atoms with E-state index in [1.807, 2.05) is 31.2 Å². The molecule has 0 aliphatic heterocycles. The summed E-state index contributed by atoms with van der Waals surface area (Å²) in [6, 6.07) is 11.1. The van der Waals surface area contributed by atoms with Crippen molar-refractivity contribution in [3.05, 3.63) is 47.0 Å². The van der Waals surface area contributed by atoms with Gasteiger partial charge in [-0.2, -0.15) is 0 Å². The first-order valence-electron chi connectivity index (χ1n) is 7.56. The number of carbonyl (C=O) groups excluding carboxylic acids is 1. The quantitative estimate of drug-likeness (QED) is 0.790. The van der Waals surface area contributed by atoms with E-state index in [2.05, 4.69) is 10.6 Å². The van der Waals surface area contributed by atoms with Crippen LogP contribution in [0.25, 0.3) is 0 Å². The molecule has 5 nitrogen and oxygen atoms in total. The van der Waals surface area contributed by atoms with E-state index in [0.29, 0.717) is 29.4 Å². The minimum Gasteiger partial charge on any atom is -0.495 e. The molecule has 0 atom stereocenters. The molecule has 0 spiro atoms. The van der Waals surface area contributed by atoms with Gasteiger partial charge in [0.15, 0.2) is 0 Å². The minimum atomic E-state index is -0.113. The molecular formula is C18H21ClN2O3. The fourth-order valence-corrected chi connectivity index (χ4v) is 2.40. The predicted molar refractivity (Wildman–Crippen MR) is 97.5 cm³/mol. The van der Waals surface area contributed by atoms with Crippen LogP contribution in [0.15, 0.2) is 36.4 Å². The molecule has 0 saturated heterocycles. The van der Waals surface area contributed by atoms with Gasteiger partial charge in [0, 0.05) is 24.1 Å². The van der Waals surface area contributed by atoms with Crippen molar-refractivity contribution in [2.75, 3.05) is 31.4 Å². The summed E-state index contributed by atoms with van der Waals surface area (Å²) in [7, 11) is 3.16. The maximum atomic E-state index is 12.2. The lowest BCUT2D eigenvalue weighted by atomic mass is 10.2. The smallest absolute Gasteiger partial charge is 0.226 e. The molecule has 0 unspecified atom stereocenters. The number of hydrogen-bond acceptors (Lipinski definition) is 4. The molecule has 2 rings (SSSR count). The minimum absolute atomic E-state index is 0.113. The number of benzene rings is 2. The van der Waals surface area contributed by atoms with Crippen LogP contribution in [-0.2, 0) is 4.79 Å². The second-order valence-electron chi connectivity index (χ2n) is 5.23. The van der Waals surface area contributed by atoms with Gasteiger partial charge < -0.3 is 20.1 Å². The molecule has 0 bridgehead atoms. The number of aryl methyl sites for hydroxylation is 1. The summed E-state index contributed by atoms with van der Waals surface area (Å²) in [6.45, 7) is 2.36. The number of carbonyl (C=O) groups is 1. The number of ether oxygens (including phenoxy) is 2. The zero-order valence-corrected chi connectivity index (χ0v) is 14.7. The molecule has 0 aromatic heterocycles. The third-order valence-electron chi connectivity index (χ3n) is 3.53. The summed E-state index contributed by atoms with van der Waals surface area (Å²) in [5.41, 5.74) is 2.34. The number of anilines is 2. The Kier molecular flexibility index (Phi) is 6.32.